The van der Waals surface area contributed by atoms with Crippen LogP contribution in [0.4, 0.5) is 0 Å². The van der Waals surface area contributed by atoms with E-state index in [0.29, 0.717) is 0 Å². The fraction of sp³-hybridized carbons (Fsp3) is 0.733. The number of nitrogens with zero attached hydrogens (tertiary/aromatic N) is 2. The van der Waals surface area contributed by atoms with Crippen LogP contribution in [0.3, 0.4) is 0 Å². The zero-order chi connectivity index (χ0) is 13.7. The first-order valence-electron chi connectivity index (χ1n) is 7.39. The fourth-order valence-electron chi connectivity index (χ4n) is 2.47. The van der Waals surface area contributed by atoms with E-state index in [4.69, 9.17) is 0 Å². The molecule has 108 valence electrons. The fourth-order valence-corrected chi connectivity index (χ4v) is 3.49. The Morgan fingerprint density at radius 1 is 1.26 bits per heavy atom. The molecule has 2 heterocycles. The minimum absolute atomic E-state index is 1.03. The van der Waals surface area contributed by atoms with Crippen LogP contribution in [-0.4, -0.2) is 49.6 Å². The van der Waals surface area contributed by atoms with E-state index >= 15 is 0 Å². The van der Waals surface area contributed by atoms with Crippen LogP contribution in [0, 0.1) is 6.92 Å². The molecular weight excluding hydrogens is 254 g/mol. The van der Waals surface area contributed by atoms with Gasteiger partial charge in [0.25, 0.3) is 0 Å². The Morgan fingerprint density at radius 3 is 2.68 bits per heavy atom. The predicted molar refractivity (Wildman–Crippen MR) is 83.8 cm³/mol. The SMILES string of the molecule is CCCNCc1cc(CN2CCN(C)CC2)c(C)s1. The molecule has 1 N–H and O–H groups in total. The topological polar surface area (TPSA) is 18.5 Å². The van der Waals surface area contributed by atoms with Crippen molar-refractivity contribution < 1.29 is 0 Å². The van der Waals surface area contributed by atoms with E-state index in [1.54, 1.807) is 0 Å². The molecule has 2 rings (SSSR count). The molecular formula is C15H27N3S. The van der Waals surface area contributed by atoms with Crippen molar-refractivity contribution in [2.45, 2.75) is 33.4 Å². The number of rotatable bonds is 6. The van der Waals surface area contributed by atoms with Gasteiger partial charge >= 0.3 is 0 Å². The van der Waals surface area contributed by atoms with Crippen LogP contribution in [0.15, 0.2) is 6.07 Å². The second-order valence-electron chi connectivity index (χ2n) is 5.55. The van der Waals surface area contributed by atoms with Crippen molar-refractivity contribution in [1.82, 2.24) is 15.1 Å². The summed E-state index contributed by atoms with van der Waals surface area (Å²) in [7, 11) is 2.21. The summed E-state index contributed by atoms with van der Waals surface area (Å²) < 4.78 is 0. The van der Waals surface area contributed by atoms with Crippen molar-refractivity contribution in [3.8, 4) is 0 Å². The third-order valence-corrected chi connectivity index (χ3v) is 4.88. The van der Waals surface area contributed by atoms with E-state index in [1.807, 2.05) is 11.3 Å². The van der Waals surface area contributed by atoms with Gasteiger partial charge in [-0.2, -0.15) is 0 Å². The first kappa shape index (κ1) is 15.0. The largest absolute Gasteiger partial charge is 0.312 e. The summed E-state index contributed by atoms with van der Waals surface area (Å²) in [5.41, 5.74) is 1.53. The zero-order valence-corrected chi connectivity index (χ0v) is 13.4. The van der Waals surface area contributed by atoms with Crippen LogP contribution in [0.2, 0.25) is 0 Å². The molecule has 0 unspecified atom stereocenters. The lowest BCUT2D eigenvalue weighted by Crippen LogP contribution is -2.43. The number of aryl methyl sites for hydroxylation is 1. The van der Waals surface area contributed by atoms with E-state index in [1.165, 1.54) is 47.9 Å². The van der Waals surface area contributed by atoms with Crippen molar-refractivity contribution in [2.24, 2.45) is 0 Å². The Kier molecular flexibility index (Phi) is 5.82. The molecule has 0 atom stereocenters. The molecule has 4 heteroatoms. The number of thiophene rings is 1. The maximum atomic E-state index is 3.49. The van der Waals surface area contributed by atoms with E-state index in [9.17, 15) is 0 Å². The number of hydrogen-bond donors (Lipinski definition) is 1. The molecule has 0 bridgehead atoms. The van der Waals surface area contributed by atoms with E-state index in [-0.39, 0.29) is 0 Å². The maximum absolute atomic E-state index is 3.49. The van der Waals surface area contributed by atoms with Gasteiger partial charge < -0.3 is 10.2 Å². The second kappa shape index (κ2) is 7.39. The highest BCUT2D eigenvalue weighted by atomic mass is 32.1. The van der Waals surface area contributed by atoms with Gasteiger partial charge in [0.15, 0.2) is 0 Å². The Labute approximate surface area is 121 Å². The summed E-state index contributed by atoms with van der Waals surface area (Å²) in [6.07, 6.45) is 1.21. The summed E-state index contributed by atoms with van der Waals surface area (Å²) in [4.78, 5) is 7.97. The Balaban J connectivity index is 1.86. The summed E-state index contributed by atoms with van der Waals surface area (Å²) >= 11 is 1.95. The highest BCUT2D eigenvalue weighted by Crippen LogP contribution is 2.23. The van der Waals surface area contributed by atoms with Gasteiger partial charge in [-0.25, -0.2) is 0 Å². The van der Waals surface area contributed by atoms with Gasteiger partial charge in [0.1, 0.15) is 0 Å². The molecule has 0 spiro atoms. The molecule has 1 aliphatic heterocycles. The number of likely N-dealkylation sites (N-methyl/N-ethyl adjacent to an activating group) is 1. The van der Waals surface area contributed by atoms with Crippen molar-refractivity contribution in [3.63, 3.8) is 0 Å². The smallest absolute Gasteiger partial charge is 0.0299 e. The lowest BCUT2D eigenvalue weighted by Gasteiger charge is -2.32. The third-order valence-electron chi connectivity index (χ3n) is 3.79. The average Bonchev–Trinajstić information content (AvgIpc) is 2.73. The second-order valence-corrected chi connectivity index (χ2v) is 6.89. The molecule has 0 radical (unpaired) electrons. The lowest BCUT2D eigenvalue weighted by molar-refractivity contribution is 0.148. The lowest BCUT2D eigenvalue weighted by atomic mass is 10.2. The first-order valence-corrected chi connectivity index (χ1v) is 8.20. The standard InChI is InChI=1S/C15H27N3S/c1-4-5-16-11-15-10-14(13(2)19-15)12-18-8-6-17(3)7-9-18/h10,16H,4-9,11-12H2,1-3H3. The van der Waals surface area contributed by atoms with Gasteiger partial charge in [0.2, 0.25) is 0 Å². The molecule has 1 aromatic heterocycles. The Bertz CT molecular complexity index is 381. The van der Waals surface area contributed by atoms with Crippen LogP contribution in [0.5, 0.6) is 0 Å². The molecule has 1 aliphatic rings. The number of hydrogen-bond acceptors (Lipinski definition) is 4. The molecule has 0 saturated carbocycles. The Morgan fingerprint density at radius 2 is 2.00 bits per heavy atom. The number of piperazine rings is 1. The van der Waals surface area contributed by atoms with Gasteiger partial charge in [-0.05, 0) is 38.6 Å². The van der Waals surface area contributed by atoms with Crippen molar-refractivity contribution in [1.29, 1.82) is 0 Å². The predicted octanol–water partition coefficient (Wildman–Crippen LogP) is 2.30. The monoisotopic (exact) mass is 281 g/mol. The summed E-state index contributed by atoms with van der Waals surface area (Å²) in [5.74, 6) is 0. The minimum Gasteiger partial charge on any atom is -0.312 e. The van der Waals surface area contributed by atoms with Crippen LogP contribution < -0.4 is 5.32 Å². The van der Waals surface area contributed by atoms with E-state index in [2.05, 4.69) is 42.1 Å². The van der Waals surface area contributed by atoms with Crippen LogP contribution >= 0.6 is 11.3 Å². The molecule has 1 fully saturated rings. The van der Waals surface area contributed by atoms with Crippen molar-refractivity contribution >= 4 is 11.3 Å². The van der Waals surface area contributed by atoms with Crippen molar-refractivity contribution in [2.75, 3.05) is 39.8 Å². The first-order chi connectivity index (χ1) is 9.19. The molecule has 1 saturated heterocycles. The van der Waals surface area contributed by atoms with E-state index in [0.717, 1.165) is 19.6 Å². The van der Waals surface area contributed by atoms with Crippen molar-refractivity contribution in [3.05, 3.63) is 21.4 Å². The Hall–Kier alpha value is -0.420. The quantitative estimate of drug-likeness (QED) is 0.807. The highest BCUT2D eigenvalue weighted by Gasteiger charge is 2.15. The molecule has 1 aromatic rings. The molecule has 0 amide bonds. The summed E-state index contributed by atoms with van der Waals surface area (Å²) in [6, 6.07) is 2.40. The van der Waals surface area contributed by atoms with Gasteiger partial charge in [-0.15, -0.1) is 11.3 Å². The van der Waals surface area contributed by atoms with Crippen LogP contribution in [0.1, 0.15) is 28.7 Å². The highest BCUT2D eigenvalue weighted by molar-refractivity contribution is 7.12. The molecule has 19 heavy (non-hydrogen) atoms. The molecule has 3 nitrogen and oxygen atoms in total. The molecule has 0 aliphatic carbocycles. The van der Waals surface area contributed by atoms with E-state index < -0.39 is 0 Å². The van der Waals surface area contributed by atoms with Crippen LogP contribution in [0.25, 0.3) is 0 Å². The van der Waals surface area contributed by atoms with Gasteiger partial charge in [-0.1, -0.05) is 6.92 Å². The van der Waals surface area contributed by atoms with Gasteiger partial charge in [0.05, 0.1) is 0 Å². The van der Waals surface area contributed by atoms with Gasteiger partial charge in [0, 0.05) is 49.0 Å². The maximum Gasteiger partial charge on any atom is 0.0299 e. The third kappa shape index (κ3) is 4.56. The molecule has 0 aromatic carbocycles. The van der Waals surface area contributed by atoms with Gasteiger partial charge in [-0.3, -0.25) is 4.90 Å². The van der Waals surface area contributed by atoms with Crippen LogP contribution in [-0.2, 0) is 13.1 Å². The summed E-state index contributed by atoms with van der Waals surface area (Å²) in [6.45, 7) is 12.6. The average molecular weight is 281 g/mol. The number of nitrogens with one attached hydrogen (secondary N) is 1. The zero-order valence-electron chi connectivity index (χ0n) is 12.5. The normalized spacial score (nSPS) is 18.1. The minimum atomic E-state index is 1.03. The summed E-state index contributed by atoms with van der Waals surface area (Å²) in [5, 5.41) is 3.49.